The highest BCUT2D eigenvalue weighted by molar-refractivity contribution is 7.89. The molecule has 0 aromatic heterocycles. The van der Waals surface area contributed by atoms with Crippen molar-refractivity contribution in [1.29, 1.82) is 0 Å². The highest BCUT2D eigenvalue weighted by Gasteiger charge is 2.36. The van der Waals surface area contributed by atoms with Crippen molar-refractivity contribution in [3.05, 3.63) is 30.3 Å². The maximum Gasteiger partial charge on any atom is 0.243 e. The van der Waals surface area contributed by atoms with E-state index in [-0.39, 0.29) is 24.0 Å². The van der Waals surface area contributed by atoms with Crippen LogP contribution in [0.5, 0.6) is 0 Å². The van der Waals surface area contributed by atoms with Crippen LogP contribution in [0.25, 0.3) is 0 Å². The average molecular weight is 366 g/mol. The van der Waals surface area contributed by atoms with Crippen molar-refractivity contribution in [3.63, 3.8) is 0 Å². The highest BCUT2D eigenvalue weighted by atomic mass is 32.2. The molecule has 0 spiro atoms. The van der Waals surface area contributed by atoms with E-state index in [1.54, 1.807) is 30.3 Å². The molecule has 0 aliphatic carbocycles. The Hall–Kier alpha value is -1.44. The van der Waals surface area contributed by atoms with Crippen LogP contribution >= 0.6 is 0 Å². The second-order valence-corrected chi connectivity index (χ2v) is 8.91. The lowest BCUT2D eigenvalue weighted by Crippen LogP contribution is -2.53. The maximum atomic E-state index is 12.8. The number of benzene rings is 1. The zero-order chi connectivity index (χ0) is 18.0. The third-order valence-corrected chi connectivity index (χ3v) is 6.99. The first-order valence-corrected chi connectivity index (χ1v) is 10.3. The molecule has 0 bridgehead atoms. The van der Waals surface area contributed by atoms with Gasteiger partial charge in [-0.25, -0.2) is 8.42 Å². The molecule has 1 aromatic carbocycles. The Labute approximate surface area is 149 Å². The normalized spacial score (nSPS) is 26.6. The Morgan fingerprint density at radius 3 is 2.40 bits per heavy atom. The van der Waals surface area contributed by atoms with Crippen molar-refractivity contribution in [3.8, 4) is 0 Å². The molecule has 2 fully saturated rings. The van der Waals surface area contributed by atoms with Crippen molar-refractivity contribution >= 4 is 15.9 Å². The molecule has 0 saturated carbocycles. The largest absolute Gasteiger partial charge is 0.375 e. The van der Waals surface area contributed by atoms with E-state index < -0.39 is 10.0 Å². The van der Waals surface area contributed by atoms with Crippen LogP contribution in [0.15, 0.2) is 35.2 Å². The van der Waals surface area contributed by atoms with Crippen molar-refractivity contribution in [2.24, 2.45) is 5.92 Å². The summed E-state index contributed by atoms with van der Waals surface area (Å²) < 4.78 is 32.4. The van der Waals surface area contributed by atoms with Gasteiger partial charge in [-0.3, -0.25) is 4.79 Å². The van der Waals surface area contributed by atoms with E-state index in [0.29, 0.717) is 44.0 Å². The van der Waals surface area contributed by atoms with Crippen molar-refractivity contribution in [2.45, 2.75) is 43.7 Å². The second kappa shape index (κ2) is 7.43. The Kier molecular flexibility index (Phi) is 5.46. The first kappa shape index (κ1) is 18.4. The van der Waals surface area contributed by atoms with Gasteiger partial charge in [0.15, 0.2) is 0 Å². The molecule has 0 radical (unpaired) electrons. The van der Waals surface area contributed by atoms with Crippen LogP contribution in [-0.4, -0.2) is 61.9 Å². The van der Waals surface area contributed by atoms with Gasteiger partial charge in [0.25, 0.3) is 0 Å². The molecule has 138 valence electrons. The number of nitrogens with zero attached hydrogens (tertiary/aromatic N) is 2. The molecule has 3 rings (SSSR count). The third-order valence-electron chi connectivity index (χ3n) is 5.08. The predicted molar refractivity (Wildman–Crippen MR) is 94.5 cm³/mol. The minimum absolute atomic E-state index is 0.0543. The van der Waals surface area contributed by atoms with Gasteiger partial charge in [-0.05, 0) is 38.8 Å². The molecule has 2 atom stereocenters. The smallest absolute Gasteiger partial charge is 0.243 e. The molecular weight excluding hydrogens is 340 g/mol. The number of carbonyl (C=O) groups excluding carboxylic acids is 1. The number of sulfonamides is 1. The van der Waals surface area contributed by atoms with E-state index in [2.05, 4.69) is 0 Å². The predicted octanol–water partition coefficient (Wildman–Crippen LogP) is 1.72. The standard InChI is InChI=1S/C18H26N2O4S/c1-14-13-24-15(2)12-20(14)18(21)16-8-10-19(11-9-16)25(22,23)17-6-4-3-5-7-17/h3-7,14-16H,8-13H2,1-2H3. The van der Waals surface area contributed by atoms with Crippen LogP contribution in [0.4, 0.5) is 0 Å². The van der Waals surface area contributed by atoms with E-state index in [4.69, 9.17) is 4.74 Å². The number of amides is 1. The average Bonchev–Trinajstić information content (AvgIpc) is 2.64. The summed E-state index contributed by atoms with van der Waals surface area (Å²) in [5, 5.41) is 0. The summed E-state index contributed by atoms with van der Waals surface area (Å²) in [5.74, 6) is 0.0365. The van der Waals surface area contributed by atoms with Gasteiger partial charge in [-0.1, -0.05) is 18.2 Å². The second-order valence-electron chi connectivity index (χ2n) is 6.97. The van der Waals surface area contributed by atoms with Gasteiger partial charge in [-0.15, -0.1) is 0 Å². The number of hydrogen-bond donors (Lipinski definition) is 0. The molecule has 6 nitrogen and oxygen atoms in total. The van der Waals surface area contributed by atoms with Crippen LogP contribution in [0.3, 0.4) is 0 Å². The quantitative estimate of drug-likeness (QED) is 0.817. The lowest BCUT2D eigenvalue weighted by Gasteiger charge is -2.40. The van der Waals surface area contributed by atoms with Crippen LogP contribution in [0.1, 0.15) is 26.7 Å². The van der Waals surface area contributed by atoms with Gasteiger partial charge in [0.05, 0.1) is 23.6 Å². The molecule has 0 N–H and O–H groups in total. The fourth-order valence-corrected chi connectivity index (χ4v) is 5.02. The minimum Gasteiger partial charge on any atom is -0.375 e. The minimum atomic E-state index is -3.47. The van der Waals surface area contributed by atoms with Crippen LogP contribution < -0.4 is 0 Å². The molecule has 2 saturated heterocycles. The van der Waals surface area contributed by atoms with E-state index in [0.717, 1.165) is 0 Å². The molecule has 2 aliphatic heterocycles. The fraction of sp³-hybridized carbons (Fsp3) is 0.611. The molecule has 1 amide bonds. The molecule has 25 heavy (non-hydrogen) atoms. The van der Waals surface area contributed by atoms with Gasteiger partial charge in [0.2, 0.25) is 15.9 Å². The Morgan fingerprint density at radius 1 is 1.12 bits per heavy atom. The summed E-state index contributed by atoms with van der Waals surface area (Å²) >= 11 is 0. The van der Waals surface area contributed by atoms with Crippen LogP contribution in [-0.2, 0) is 19.6 Å². The number of hydrogen-bond acceptors (Lipinski definition) is 4. The van der Waals surface area contributed by atoms with Gasteiger partial charge >= 0.3 is 0 Å². The van der Waals surface area contributed by atoms with E-state index in [1.807, 2.05) is 18.7 Å². The summed E-state index contributed by atoms with van der Waals surface area (Å²) in [7, 11) is -3.47. The Balaban J connectivity index is 1.63. The summed E-state index contributed by atoms with van der Waals surface area (Å²) in [4.78, 5) is 15.1. The molecular formula is C18H26N2O4S. The van der Waals surface area contributed by atoms with Gasteiger partial charge in [-0.2, -0.15) is 4.31 Å². The monoisotopic (exact) mass is 366 g/mol. The Bertz CT molecular complexity index is 699. The zero-order valence-corrected chi connectivity index (χ0v) is 15.6. The van der Waals surface area contributed by atoms with Gasteiger partial charge < -0.3 is 9.64 Å². The van der Waals surface area contributed by atoms with Crippen molar-refractivity contribution in [1.82, 2.24) is 9.21 Å². The first-order chi connectivity index (χ1) is 11.9. The van der Waals surface area contributed by atoms with Crippen molar-refractivity contribution < 1.29 is 17.9 Å². The van der Waals surface area contributed by atoms with Crippen molar-refractivity contribution in [2.75, 3.05) is 26.2 Å². The number of rotatable bonds is 3. The topological polar surface area (TPSA) is 66.9 Å². The SMILES string of the molecule is CC1CN(C(=O)C2CCN(S(=O)(=O)c3ccccc3)CC2)C(C)CO1. The maximum absolute atomic E-state index is 12.8. The lowest BCUT2D eigenvalue weighted by atomic mass is 9.95. The van der Waals surface area contributed by atoms with Crippen LogP contribution in [0, 0.1) is 5.92 Å². The first-order valence-electron chi connectivity index (χ1n) is 8.87. The summed E-state index contributed by atoms with van der Waals surface area (Å²) in [6.45, 7) is 5.93. The van der Waals surface area contributed by atoms with E-state index in [1.165, 1.54) is 4.31 Å². The molecule has 2 heterocycles. The molecule has 1 aromatic rings. The highest BCUT2D eigenvalue weighted by Crippen LogP contribution is 2.26. The fourth-order valence-electron chi connectivity index (χ4n) is 3.53. The Morgan fingerprint density at radius 2 is 1.76 bits per heavy atom. The van der Waals surface area contributed by atoms with E-state index in [9.17, 15) is 13.2 Å². The van der Waals surface area contributed by atoms with Gasteiger partial charge in [0.1, 0.15) is 0 Å². The number of carbonyl (C=O) groups is 1. The molecule has 7 heteroatoms. The number of ether oxygens (including phenoxy) is 1. The molecule has 2 unspecified atom stereocenters. The van der Waals surface area contributed by atoms with Crippen LogP contribution in [0.2, 0.25) is 0 Å². The van der Waals surface area contributed by atoms with E-state index >= 15 is 0 Å². The third kappa shape index (κ3) is 3.88. The van der Waals surface area contributed by atoms with Gasteiger partial charge in [0, 0.05) is 25.6 Å². The number of morpholine rings is 1. The summed E-state index contributed by atoms with van der Waals surface area (Å²) in [6.07, 6.45) is 1.20. The number of piperidine rings is 1. The zero-order valence-electron chi connectivity index (χ0n) is 14.8. The summed E-state index contributed by atoms with van der Waals surface area (Å²) in [6, 6.07) is 8.56. The summed E-state index contributed by atoms with van der Waals surface area (Å²) in [5.41, 5.74) is 0. The lowest BCUT2D eigenvalue weighted by molar-refractivity contribution is -0.148. The molecule has 2 aliphatic rings.